The third-order valence-electron chi connectivity index (χ3n) is 3.34. The normalized spacial score (nSPS) is 14.4. The van der Waals surface area contributed by atoms with E-state index in [0.717, 1.165) is 11.1 Å². The van der Waals surface area contributed by atoms with Crippen LogP contribution >= 0.6 is 0 Å². The minimum absolute atomic E-state index is 0.0428. The molecule has 0 aromatic heterocycles. The number of allylic oxidation sites excluding steroid dienone is 1. The van der Waals surface area contributed by atoms with E-state index in [1.54, 1.807) is 18.2 Å². The molecule has 0 unspecified atom stereocenters. The Bertz CT molecular complexity index is 801. The fourth-order valence-electron chi connectivity index (χ4n) is 2.38. The van der Waals surface area contributed by atoms with Gasteiger partial charge in [-0.25, -0.2) is 0 Å². The van der Waals surface area contributed by atoms with E-state index in [2.05, 4.69) is 0 Å². The van der Waals surface area contributed by atoms with E-state index < -0.39 is 0 Å². The maximum absolute atomic E-state index is 12.5. The number of benzene rings is 2. The second-order valence-corrected chi connectivity index (χ2v) is 4.91. The predicted octanol–water partition coefficient (Wildman–Crippen LogP) is 3.51. The van der Waals surface area contributed by atoms with Crippen molar-refractivity contribution in [1.82, 2.24) is 0 Å². The topological polar surface area (TPSA) is 59.3 Å². The zero-order chi connectivity index (χ0) is 15.5. The summed E-state index contributed by atoms with van der Waals surface area (Å²) < 4.78 is 11.0. The Morgan fingerprint density at radius 3 is 2.77 bits per heavy atom. The first-order valence-corrected chi connectivity index (χ1v) is 6.83. The molecule has 22 heavy (non-hydrogen) atoms. The molecule has 0 N–H and O–H groups in total. The molecule has 0 spiro atoms. The molecule has 2 aromatic rings. The average Bonchev–Trinajstić information content (AvgIpc) is 2.83. The molecule has 0 bridgehead atoms. The number of rotatable bonds is 3. The van der Waals surface area contributed by atoms with Gasteiger partial charge in [0.25, 0.3) is 0 Å². The Hall–Kier alpha value is -3.06. The van der Waals surface area contributed by atoms with Gasteiger partial charge in [0.2, 0.25) is 5.78 Å². The fourth-order valence-corrected chi connectivity index (χ4v) is 2.38. The minimum Gasteiger partial charge on any atom is -0.479 e. The number of hydrogen-bond donors (Lipinski definition) is 0. The van der Waals surface area contributed by atoms with Crippen LogP contribution in [0.25, 0.3) is 6.08 Å². The fraction of sp³-hybridized carbons (Fsp3) is 0.111. The van der Waals surface area contributed by atoms with E-state index in [1.807, 2.05) is 43.3 Å². The number of carbonyl (C=O) groups excluding carboxylic acids is 1. The quantitative estimate of drug-likeness (QED) is 0.812. The van der Waals surface area contributed by atoms with Crippen molar-refractivity contribution >= 4 is 11.9 Å². The number of aryl methyl sites for hydroxylation is 1. The number of Topliss-reactive ketones (excluding diaryl/α,β-unsaturated/α-hetero) is 1. The van der Waals surface area contributed by atoms with Crippen molar-refractivity contribution in [3.8, 4) is 17.6 Å². The number of carbonyl (C=O) groups is 1. The second-order valence-electron chi connectivity index (χ2n) is 4.91. The average molecular weight is 291 g/mol. The SMILES string of the molecule is Cc1cc(OCC#N)cc2c1C(=O)/C(=C/c1ccccc1)O2. The molecule has 0 atom stereocenters. The molecular weight excluding hydrogens is 278 g/mol. The molecule has 1 aliphatic heterocycles. The number of ketones is 1. The summed E-state index contributed by atoms with van der Waals surface area (Å²) in [6, 6.07) is 14.8. The second kappa shape index (κ2) is 5.74. The predicted molar refractivity (Wildman–Crippen MR) is 81.7 cm³/mol. The summed E-state index contributed by atoms with van der Waals surface area (Å²) in [5.41, 5.74) is 2.22. The molecule has 0 saturated carbocycles. The van der Waals surface area contributed by atoms with E-state index in [-0.39, 0.29) is 12.4 Å². The summed E-state index contributed by atoms with van der Waals surface area (Å²) in [4.78, 5) is 12.5. The number of nitriles is 1. The number of nitrogens with zero attached hydrogens (tertiary/aromatic N) is 1. The lowest BCUT2D eigenvalue weighted by Gasteiger charge is -2.06. The molecular formula is C18H13NO3. The first-order chi connectivity index (χ1) is 10.7. The first-order valence-electron chi connectivity index (χ1n) is 6.83. The monoisotopic (exact) mass is 291 g/mol. The molecule has 3 rings (SSSR count). The van der Waals surface area contributed by atoms with Gasteiger partial charge >= 0.3 is 0 Å². The molecule has 1 aliphatic rings. The maximum Gasteiger partial charge on any atom is 0.232 e. The third-order valence-corrected chi connectivity index (χ3v) is 3.34. The summed E-state index contributed by atoms with van der Waals surface area (Å²) in [5.74, 6) is 1.15. The Morgan fingerprint density at radius 2 is 2.05 bits per heavy atom. The highest BCUT2D eigenvalue weighted by Gasteiger charge is 2.29. The van der Waals surface area contributed by atoms with Crippen molar-refractivity contribution < 1.29 is 14.3 Å². The molecule has 108 valence electrons. The van der Waals surface area contributed by atoms with Gasteiger partial charge in [0.1, 0.15) is 17.6 Å². The third kappa shape index (κ3) is 2.57. The van der Waals surface area contributed by atoms with Crippen molar-refractivity contribution in [2.75, 3.05) is 6.61 Å². The van der Waals surface area contributed by atoms with Crippen LogP contribution in [0.4, 0.5) is 0 Å². The largest absolute Gasteiger partial charge is 0.479 e. The van der Waals surface area contributed by atoms with E-state index >= 15 is 0 Å². The van der Waals surface area contributed by atoms with Gasteiger partial charge in [-0.2, -0.15) is 5.26 Å². The smallest absolute Gasteiger partial charge is 0.232 e. The Balaban J connectivity index is 1.95. The lowest BCUT2D eigenvalue weighted by atomic mass is 10.0. The summed E-state index contributed by atoms with van der Waals surface area (Å²) in [7, 11) is 0. The van der Waals surface area contributed by atoms with Crippen LogP contribution in [0.5, 0.6) is 11.5 Å². The highest BCUT2D eigenvalue weighted by Crippen LogP contribution is 2.37. The minimum atomic E-state index is -0.136. The van der Waals surface area contributed by atoms with Gasteiger partial charge in [0, 0.05) is 6.07 Å². The van der Waals surface area contributed by atoms with Crippen LogP contribution in [0.2, 0.25) is 0 Å². The molecule has 4 heteroatoms. The van der Waals surface area contributed by atoms with Crippen molar-refractivity contribution in [2.24, 2.45) is 0 Å². The van der Waals surface area contributed by atoms with Gasteiger partial charge in [-0.15, -0.1) is 0 Å². The number of hydrogen-bond acceptors (Lipinski definition) is 4. The van der Waals surface area contributed by atoms with Gasteiger partial charge in [-0.05, 0) is 30.2 Å². The van der Waals surface area contributed by atoms with Crippen LogP contribution in [0.3, 0.4) is 0 Å². The van der Waals surface area contributed by atoms with Gasteiger partial charge in [0.05, 0.1) is 5.56 Å². The summed E-state index contributed by atoms with van der Waals surface area (Å²) in [6.45, 7) is 1.78. The van der Waals surface area contributed by atoms with Crippen LogP contribution in [0.1, 0.15) is 21.5 Å². The van der Waals surface area contributed by atoms with Crippen LogP contribution in [-0.4, -0.2) is 12.4 Å². The van der Waals surface area contributed by atoms with Gasteiger partial charge in [0.15, 0.2) is 12.4 Å². The molecule has 2 aromatic carbocycles. The molecule has 0 radical (unpaired) electrons. The van der Waals surface area contributed by atoms with E-state index in [1.165, 1.54) is 0 Å². The van der Waals surface area contributed by atoms with Crippen LogP contribution < -0.4 is 9.47 Å². The number of ether oxygens (including phenoxy) is 2. The maximum atomic E-state index is 12.5. The molecule has 0 saturated heterocycles. The van der Waals surface area contributed by atoms with Crippen molar-refractivity contribution in [2.45, 2.75) is 6.92 Å². The van der Waals surface area contributed by atoms with E-state index in [0.29, 0.717) is 22.8 Å². The van der Waals surface area contributed by atoms with Crippen LogP contribution in [0, 0.1) is 18.3 Å². The molecule has 1 heterocycles. The summed E-state index contributed by atoms with van der Waals surface area (Å²) in [6.07, 6.45) is 1.72. The van der Waals surface area contributed by atoms with Gasteiger partial charge in [-0.3, -0.25) is 4.79 Å². The van der Waals surface area contributed by atoms with E-state index in [9.17, 15) is 4.79 Å². The van der Waals surface area contributed by atoms with Crippen molar-refractivity contribution in [1.29, 1.82) is 5.26 Å². The molecule has 0 fully saturated rings. The molecule has 0 aliphatic carbocycles. The standard InChI is InChI=1S/C18H13NO3/c1-12-9-14(21-8-7-19)11-15-17(12)18(20)16(22-15)10-13-5-3-2-4-6-13/h2-6,9-11H,8H2,1H3/b16-10-. The highest BCUT2D eigenvalue weighted by molar-refractivity contribution is 6.15. The highest BCUT2D eigenvalue weighted by atomic mass is 16.5. The zero-order valence-corrected chi connectivity index (χ0v) is 12.0. The Morgan fingerprint density at radius 1 is 1.27 bits per heavy atom. The summed E-state index contributed by atoms with van der Waals surface area (Å²) in [5, 5.41) is 8.57. The molecule has 0 amide bonds. The van der Waals surface area contributed by atoms with Crippen LogP contribution in [0.15, 0.2) is 48.2 Å². The lowest BCUT2D eigenvalue weighted by molar-refractivity contribution is 0.101. The van der Waals surface area contributed by atoms with Gasteiger partial charge in [-0.1, -0.05) is 30.3 Å². The molecule has 4 nitrogen and oxygen atoms in total. The van der Waals surface area contributed by atoms with Crippen molar-refractivity contribution in [3.63, 3.8) is 0 Å². The zero-order valence-electron chi connectivity index (χ0n) is 12.0. The lowest BCUT2D eigenvalue weighted by Crippen LogP contribution is -2.00. The Labute approximate surface area is 128 Å². The Kier molecular flexibility index (Phi) is 3.63. The first kappa shape index (κ1) is 13.9. The van der Waals surface area contributed by atoms with E-state index in [4.69, 9.17) is 14.7 Å². The van der Waals surface area contributed by atoms with Gasteiger partial charge < -0.3 is 9.47 Å². The summed E-state index contributed by atoms with van der Waals surface area (Å²) >= 11 is 0. The number of fused-ring (bicyclic) bond motifs is 1. The van der Waals surface area contributed by atoms with Crippen molar-refractivity contribution in [3.05, 3.63) is 64.9 Å². The van der Waals surface area contributed by atoms with Crippen LogP contribution in [-0.2, 0) is 0 Å².